The molecule has 0 radical (unpaired) electrons. The van der Waals surface area contributed by atoms with Gasteiger partial charge in [0, 0.05) is 24.3 Å². The van der Waals surface area contributed by atoms with Crippen molar-refractivity contribution in [2.75, 3.05) is 6.61 Å². The Balaban J connectivity index is 2.63. The Hall–Kier alpha value is -1.99. The van der Waals surface area contributed by atoms with E-state index in [1.807, 2.05) is 34.6 Å². The van der Waals surface area contributed by atoms with Crippen LogP contribution >= 0.6 is 0 Å². The van der Waals surface area contributed by atoms with Gasteiger partial charge in [0.25, 0.3) is 11.6 Å². The standard InChI is InChI=1S/C17H26N2O5/c1-16(2,3)24-11-10-17(4,5)18-15(21)14(20)12-6-8-13(9-7-12)19(22)23/h6-9,14,20H,10-11H2,1-5H3,(H,18,21). The Kier molecular flexibility index (Phi) is 6.45. The summed E-state index contributed by atoms with van der Waals surface area (Å²) in [6.45, 7) is 10.0. The normalized spacial score (nSPS) is 13.4. The zero-order valence-electron chi connectivity index (χ0n) is 14.8. The molecule has 1 aromatic carbocycles. The molecule has 134 valence electrons. The highest BCUT2D eigenvalue weighted by molar-refractivity contribution is 5.82. The predicted octanol–water partition coefficient (Wildman–Crippen LogP) is 2.73. The van der Waals surface area contributed by atoms with Gasteiger partial charge in [-0.1, -0.05) is 0 Å². The van der Waals surface area contributed by atoms with Crippen molar-refractivity contribution < 1.29 is 19.6 Å². The number of nitro groups is 1. The van der Waals surface area contributed by atoms with Crippen molar-refractivity contribution in [1.82, 2.24) is 5.32 Å². The van der Waals surface area contributed by atoms with E-state index in [2.05, 4.69) is 5.32 Å². The number of benzene rings is 1. The summed E-state index contributed by atoms with van der Waals surface area (Å²) in [5, 5.41) is 23.5. The van der Waals surface area contributed by atoms with Gasteiger partial charge in [-0.25, -0.2) is 0 Å². The van der Waals surface area contributed by atoms with Crippen LogP contribution < -0.4 is 5.32 Å². The average molecular weight is 338 g/mol. The van der Waals surface area contributed by atoms with E-state index in [4.69, 9.17) is 4.74 Å². The third-order valence-corrected chi connectivity index (χ3v) is 3.39. The zero-order chi connectivity index (χ0) is 18.5. The molecule has 1 atom stereocenters. The third-order valence-electron chi connectivity index (χ3n) is 3.39. The van der Waals surface area contributed by atoms with Gasteiger partial charge in [-0.3, -0.25) is 14.9 Å². The van der Waals surface area contributed by atoms with Crippen molar-refractivity contribution in [3.05, 3.63) is 39.9 Å². The first-order valence-corrected chi connectivity index (χ1v) is 7.80. The first-order valence-electron chi connectivity index (χ1n) is 7.80. The van der Waals surface area contributed by atoms with Crippen molar-refractivity contribution in [2.45, 2.75) is 58.3 Å². The summed E-state index contributed by atoms with van der Waals surface area (Å²) in [6.07, 6.45) is -0.795. The molecule has 0 fully saturated rings. The lowest BCUT2D eigenvalue weighted by molar-refractivity contribution is -0.384. The van der Waals surface area contributed by atoms with Crippen LogP contribution in [-0.2, 0) is 9.53 Å². The van der Waals surface area contributed by atoms with Gasteiger partial charge in [0.15, 0.2) is 6.10 Å². The molecular formula is C17H26N2O5. The fraction of sp³-hybridized carbons (Fsp3) is 0.588. The molecule has 1 amide bonds. The smallest absolute Gasteiger partial charge is 0.269 e. The van der Waals surface area contributed by atoms with Crippen LogP contribution in [0.15, 0.2) is 24.3 Å². The molecule has 0 saturated heterocycles. The van der Waals surface area contributed by atoms with Crippen LogP contribution in [0.5, 0.6) is 0 Å². The number of aliphatic hydroxyl groups is 1. The molecule has 0 aliphatic carbocycles. The summed E-state index contributed by atoms with van der Waals surface area (Å²) in [7, 11) is 0. The Bertz CT molecular complexity index is 576. The van der Waals surface area contributed by atoms with Gasteiger partial charge in [0.1, 0.15) is 0 Å². The summed E-state index contributed by atoms with van der Waals surface area (Å²) in [4.78, 5) is 22.3. The number of carbonyl (C=O) groups excluding carboxylic acids is 1. The largest absolute Gasteiger partial charge is 0.378 e. The third kappa shape index (κ3) is 6.64. The fourth-order valence-corrected chi connectivity index (χ4v) is 2.01. The lowest BCUT2D eigenvalue weighted by Crippen LogP contribution is -2.46. The number of ether oxygens (including phenoxy) is 1. The molecule has 0 aliphatic heterocycles. The summed E-state index contributed by atoms with van der Waals surface area (Å²) >= 11 is 0. The maximum absolute atomic E-state index is 12.2. The van der Waals surface area contributed by atoms with Crippen molar-refractivity contribution in [1.29, 1.82) is 0 Å². The maximum atomic E-state index is 12.2. The number of rotatable bonds is 7. The molecule has 0 saturated carbocycles. The molecule has 1 rings (SSSR count). The monoisotopic (exact) mass is 338 g/mol. The van der Waals surface area contributed by atoms with E-state index in [0.29, 0.717) is 18.6 Å². The van der Waals surface area contributed by atoms with E-state index in [-0.39, 0.29) is 11.3 Å². The molecule has 0 aliphatic rings. The van der Waals surface area contributed by atoms with Crippen LogP contribution in [0.2, 0.25) is 0 Å². The number of nitro benzene ring substituents is 1. The van der Waals surface area contributed by atoms with Crippen LogP contribution in [0.4, 0.5) is 5.69 Å². The average Bonchev–Trinajstić information content (AvgIpc) is 2.44. The number of aliphatic hydroxyl groups excluding tert-OH is 1. The van der Waals surface area contributed by atoms with E-state index in [1.54, 1.807) is 0 Å². The minimum absolute atomic E-state index is 0.0917. The van der Waals surface area contributed by atoms with Crippen molar-refractivity contribution in [3.8, 4) is 0 Å². The Morgan fingerprint density at radius 3 is 2.25 bits per heavy atom. The highest BCUT2D eigenvalue weighted by Crippen LogP contribution is 2.20. The summed E-state index contributed by atoms with van der Waals surface area (Å²) < 4.78 is 5.65. The zero-order valence-corrected chi connectivity index (χ0v) is 14.8. The van der Waals surface area contributed by atoms with Crippen LogP contribution in [-0.4, -0.2) is 33.7 Å². The first kappa shape index (κ1) is 20.1. The second-order valence-corrected chi connectivity index (χ2v) is 7.34. The van der Waals surface area contributed by atoms with E-state index in [0.717, 1.165) is 0 Å². The highest BCUT2D eigenvalue weighted by Gasteiger charge is 2.26. The number of hydrogen-bond acceptors (Lipinski definition) is 5. The second-order valence-electron chi connectivity index (χ2n) is 7.34. The SMILES string of the molecule is CC(C)(CCOC(C)(C)C)NC(=O)C(O)c1ccc([N+](=O)[O-])cc1. The van der Waals surface area contributed by atoms with Gasteiger partial charge < -0.3 is 15.2 Å². The number of carbonyl (C=O) groups is 1. The minimum Gasteiger partial charge on any atom is -0.378 e. The fourth-order valence-electron chi connectivity index (χ4n) is 2.01. The van der Waals surface area contributed by atoms with E-state index in [1.165, 1.54) is 24.3 Å². The van der Waals surface area contributed by atoms with Crippen LogP contribution in [0.1, 0.15) is 52.7 Å². The Morgan fingerprint density at radius 1 is 1.25 bits per heavy atom. The number of nitrogens with one attached hydrogen (secondary N) is 1. The van der Waals surface area contributed by atoms with E-state index >= 15 is 0 Å². The van der Waals surface area contributed by atoms with Gasteiger partial charge in [0.05, 0.1) is 10.5 Å². The predicted molar refractivity (Wildman–Crippen MR) is 90.6 cm³/mol. The van der Waals surface area contributed by atoms with Gasteiger partial charge >= 0.3 is 0 Å². The molecule has 1 unspecified atom stereocenters. The second kappa shape index (κ2) is 7.72. The Labute approximate surface area is 142 Å². The first-order chi connectivity index (χ1) is 10.9. The molecule has 0 bridgehead atoms. The number of non-ortho nitro benzene ring substituents is 1. The van der Waals surface area contributed by atoms with Crippen molar-refractivity contribution >= 4 is 11.6 Å². The molecule has 0 heterocycles. The highest BCUT2D eigenvalue weighted by atomic mass is 16.6. The number of amides is 1. The summed E-state index contributed by atoms with van der Waals surface area (Å²) in [6, 6.07) is 5.26. The van der Waals surface area contributed by atoms with Crippen molar-refractivity contribution in [3.63, 3.8) is 0 Å². The van der Waals surface area contributed by atoms with Crippen molar-refractivity contribution in [2.24, 2.45) is 0 Å². The lowest BCUT2D eigenvalue weighted by Gasteiger charge is -2.29. The summed E-state index contributed by atoms with van der Waals surface area (Å²) in [5.74, 6) is -0.551. The number of hydrogen-bond donors (Lipinski definition) is 2. The van der Waals surface area contributed by atoms with Gasteiger partial charge in [-0.05, 0) is 58.7 Å². The van der Waals surface area contributed by atoms with Crippen LogP contribution in [0.25, 0.3) is 0 Å². The molecular weight excluding hydrogens is 312 g/mol. The molecule has 1 aromatic rings. The Morgan fingerprint density at radius 2 is 1.79 bits per heavy atom. The molecule has 2 N–H and O–H groups in total. The minimum atomic E-state index is -1.38. The van der Waals surface area contributed by atoms with Gasteiger partial charge in [0.2, 0.25) is 0 Å². The van der Waals surface area contributed by atoms with Gasteiger partial charge in [-0.15, -0.1) is 0 Å². The lowest BCUT2D eigenvalue weighted by atomic mass is 9.99. The topological polar surface area (TPSA) is 102 Å². The molecule has 7 heteroatoms. The van der Waals surface area contributed by atoms with E-state index < -0.39 is 22.5 Å². The molecule has 0 aromatic heterocycles. The molecule has 24 heavy (non-hydrogen) atoms. The van der Waals surface area contributed by atoms with Crippen LogP contribution in [0.3, 0.4) is 0 Å². The quantitative estimate of drug-likeness (QED) is 0.588. The number of nitrogens with zero attached hydrogens (tertiary/aromatic N) is 1. The summed E-state index contributed by atoms with van der Waals surface area (Å²) in [5.41, 5.74) is -0.589. The van der Waals surface area contributed by atoms with Crippen LogP contribution in [0, 0.1) is 10.1 Å². The maximum Gasteiger partial charge on any atom is 0.269 e. The molecule has 7 nitrogen and oxygen atoms in total. The van der Waals surface area contributed by atoms with Gasteiger partial charge in [-0.2, -0.15) is 0 Å². The molecule has 0 spiro atoms. The van der Waals surface area contributed by atoms with E-state index in [9.17, 15) is 20.0 Å².